The van der Waals surface area contributed by atoms with Crippen LogP contribution in [0.4, 0.5) is 4.39 Å². The van der Waals surface area contributed by atoms with Crippen LogP contribution in [0.2, 0.25) is 0 Å². The van der Waals surface area contributed by atoms with Crippen molar-refractivity contribution in [1.29, 1.82) is 0 Å². The Balaban J connectivity index is 1.76. The van der Waals surface area contributed by atoms with Gasteiger partial charge in [-0.05, 0) is 0 Å². The van der Waals surface area contributed by atoms with Crippen molar-refractivity contribution in [2.24, 2.45) is 0 Å². The van der Waals surface area contributed by atoms with Gasteiger partial charge in [-0.25, -0.2) is 23.5 Å². The minimum absolute atomic E-state index is 0.348. The first-order valence-corrected chi connectivity index (χ1v) is 13.0. The zero-order valence-electron chi connectivity index (χ0n) is 16.0. The van der Waals surface area contributed by atoms with E-state index in [0.29, 0.717) is 4.57 Å². The van der Waals surface area contributed by atoms with E-state index >= 15 is 0 Å². The van der Waals surface area contributed by atoms with Crippen molar-refractivity contribution in [3.05, 3.63) is 33.0 Å². The molecule has 0 radical (unpaired) electrons. The number of aliphatic hydroxyl groups is 2. The molecule has 6 atom stereocenters. The molecule has 34 heavy (non-hydrogen) atoms. The number of halogens is 1. The van der Waals surface area contributed by atoms with Crippen LogP contribution >= 0.6 is 23.5 Å². The SMILES string of the molecule is O=c1[nH]c2nc(=O)n([C@@H]3O[C@H](COP(=O)(O)OP(=O)(O)OP(=O)(O)O)[C@H](O)C3O)cc2nc1F. The number of aliphatic hydroxyl groups excluding tert-OH is 2. The van der Waals surface area contributed by atoms with Crippen molar-refractivity contribution in [3.63, 3.8) is 0 Å². The molecule has 0 bridgehead atoms. The molecule has 1 aliphatic heterocycles. The van der Waals surface area contributed by atoms with E-state index in [4.69, 9.17) is 19.4 Å². The van der Waals surface area contributed by atoms with Crippen LogP contribution in [0.5, 0.6) is 0 Å². The Bertz CT molecular complexity index is 1360. The summed E-state index contributed by atoms with van der Waals surface area (Å²) in [5, 5.41) is 20.3. The number of aromatic amines is 1. The lowest BCUT2D eigenvalue weighted by atomic mass is 10.1. The van der Waals surface area contributed by atoms with Gasteiger partial charge in [0, 0.05) is 6.20 Å². The molecule has 0 aliphatic carbocycles. The average molecular weight is 554 g/mol. The second-order valence-electron chi connectivity index (χ2n) is 6.45. The van der Waals surface area contributed by atoms with Gasteiger partial charge in [-0.15, -0.1) is 0 Å². The molecular formula is C11H14FN4O15P3. The van der Waals surface area contributed by atoms with Gasteiger partial charge in [0.15, 0.2) is 11.9 Å². The van der Waals surface area contributed by atoms with E-state index in [1.165, 1.54) is 0 Å². The van der Waals surface area contributed by atoms with Crippen LogP contribution in [0.25, 0.3) is 11.2 Å². The van der Waals surface area contributed by atoms with Gasteiger partial charge in [0.05, 0.1) is 6.61 Å². The summed E-state index contributed by atoms with van der Waals surface area (Å²) in [4.78, 5) is 67.7. The van der Waals surface area contributed by atoms with Crippen molar-refractivity contribution >= 4 is 34.6 Å². The van der Waals surface area contributed by atoms with E-state index in [0.717, 1.165) is 6.20 Å². The Kier molecular flexibility index (Phi) is 7.39. The zero-order chi connectivity index (χ0) is 25.6. The molecule has 0 spiro atoms. The minimum Gasteiger partial charge on any atom is -0.387 e. The van der Waals surface area contributed by atoms with Crippen LogP contribution in [0, 0.1) is 5.95 Å². The second kappa shape index (κ2) is 9.36. The minimum atomic E-state index is -5.79. The van der Waals surface area contributed by atoms with Gasteiger partial charge in [0.2, 0.25) is 0 Å². The number of phosphoric ester groups is 1. The molecule has 3 rings (SSSR count). The largest absolute Gasteiger partial charge is 0.490 e. The number of ether oxygens (including phenoxy) is 1. The van der Waals surface area contributed by atoms with Gasteiger partial charge in [-0.3, -0.25) is 13.9 Å². The molecule has 0 saturated carbocycles. The fourth-order valence-corrected chi connectivity index (χ4v) is 5.73. The molecule has 7 N–H and O–H groups in total. The van der Waals surface area contributed by atoms with Crippen LogP contribution in [-0.4, -0.2) is 74.2 Å². The van der Waals surface area contributed by atoms with Crippen molar-refractivity contribution < 1.29 is 65.8 Å². The second-order valence-corrected chi connectivity index (χ2v) is 10.9. The predicted octanol–water partition coefficient (Wildman–Crippen LogP) is -2.42. The van der Waals surface area contributed by atoms with Crippen LogP contribution in [0.15, 0.2) is 15.8 Å². The zero-order valence-corrected chi connectivity index (χ0v) is 18.7. The summed E-state index contributed by atoms with van der Waals surface area (Å²) >= 11 is 0. The Morgan fingerprint density at radius 3 is 2.32 bits per heavy atom. The lowest BCUT2D eigenvalue weighted by Gasteiger charge is -2.19. The highest BCUT2D eigenvalue weighted by molar-refractivity contribution is 7.66. The molecule has 3 heterocycles. The van der Waals surface area contributed by atoms with Crippen molar-refractivity contribution in [3.8, 4) is 0 Å². The highest BCUT2D eigenvalue weighted by Gasteiger charge is 2.47. The molecule has 1 fully saturated rings. The molecule has 0 aromatic carbocycles. The summed E-state index contributed by atoms with van der Waals surface area (Å²) in [6, 6.07) is 0. The topological polar surface area (TPSA) is 290 Å². The number of hydrogen-bond donors (Lipinski definition) is 7. The number of nitrogens with zero attached hydrogens (tertiary/aromatic N) is 3. The maximum Gasteiger partial charge on any atom is 0.490 e. The standard InChI is InChI=1S/C11H14FN4O15P3/c12-7-9(19)14-8-3(13-7)1-16(11(20)15-8)10-6(18)5(17)4(29-10)2-28-33(24,25)31-34(26,27)30-32(21,22)23/h1,4-6,10,17-18H,2H2,(H,24,25)(H,26,27)(H2,21,22,23)(H,14,15,19,20)/t4-,5+,6?,10-/m1/s1. The van der Waals surface area contributed by atoms with Gasteiger partial charge >= 0.3 is 34.7 Å². The van der Waals surface area contributed by atoms with Crippen LogP contribution in [0.3, 0.4) is 0 Å². The van der Waals surface area contributed by atoms with E-state index in [9.17, 15) is 42.8 Å². The summed E-state index contributed by atoms with van der Waals surface area (Å²) in [6.45, 7) is -1.13. The van der Waals surface area contributed by atoms with E-state index in [1.807, 2.05) is 4.98 Å². The molecular weight excluding hydrogens is 540 g/mol. The number of rotatable bonds is 8. The normalized spacial score (nSPS) is 26.9. The molecule has 3 unspecified atom stereocenters. The number of H-pyrrole nitrogens is 1. The van der Waals surface area contributed by atoms with Crippen LogP contribution in [-0.2, 0) is 31.6 Å². The molecule has 1 saturated heterocycles. The molecule has 190 valence electrons. The number of phosphoric acid groups is 3. The monoisotopic (exact) mass is 554 g/mol. The first kappa shape index (κ1) is 26.8. The van der Waals surface area contributed by atoms with Gasteiger partial charge in [0.1, 0.15) is 23.8 Å². The summed E-state index contributed by atoms with van der Waals surface area (Å²) in [5.41, 5.74) is -3.15. The lowest BCUT2D eigenvalue weighted by Crippen LogP contribution is -2.36. The fourth-order valence-electron chi connectivity index (χ4n) is 2.70. The third-order valence-electron chi connectivity index (χ3n) is 4.00. The fraction of sp³-hybridized carbons (Fsp3) is 0.455. The Hall–Kier alpha value is -1.76. The summed E-state index contributed by atoms with van der Waals surface area (Å²) in [5.74, 6) is -1.46. The molecule has 0 amide bonds. The number of nitrogens with one attached hydrogen (secondary N) is 1. The number of aromatic nitrogens is 4. The maximum atomic E-state index is 13.4. The van der Waals surface area contributed by atoms with Gasteiger partial charge in [-0.1, -0.05) is 0 Å². The van der Waals surface area contributed by atoms with E-state index in [-0.39, 0.29) is 5.52 Å². The van der Waals surface area contributed by atoms with Gasteiger partial charge in [-0.2, -0.15) is 18.0 Å². The third-order valence-corrected chi connectivity index (χ3v) is 7.80. The Morgan fingerprint density at radius 2 is 1.71 bits per heavy atom. The highest BCUT2D eigenvalue weighted by atomic mass is 31.3. The molecule has 23 heteroatoms. The first-order valence-electron chi connectivity index (χ1n) is 8.47. The summed E-state index contributed by atoms with van der Waals surface area (Å²) in [6.07, 6.45) is -6.40. The first-order chi connectivity index (χ1) is 15.5. The van der Waals surface area contributed by atoms with E-state index in [2.05, 4.69) is 23.1 Å². The molecule has 2 aromatic rings. The lowest BCUT2D eigenvalue weighted by molar-refractivity contribution is -0.0539. The smallest absolute Gasteiger partial charge is 0.387 e. The summed E-state index contributed by atoms with van der Waals surface area (Å²) < 4.78 is 64.2. The van der Waals surface area contributed by atoms with E-state index < -0.39 is 77.5 Å². The Morgan fingerprint density at radius 1 is 1.06 bits per heavy atom. The highest BCUT2D eigenvalue weighted by Crippen LogP contribution is 2.66. The van der Waals surface area contributed by atoms with Gasteiger partial charge < -0.3 is 39.5 Å². The van der Waals surface area contributed by atoms with Crippen molar-refractivity contribution in [2.75, 3.05) is 6.61 Å². The van der Waals surface area contributed by atoms with Gasteiger partial charge in [0.25, 0.3) is 5.95 Å². The number of hydrogen-bond acceptors (Lipinski definition) is 13. The maximum absolute atomic E-state index is 13.4. The van der Waals surface area contributed by atoms with Crippen molar-refractivity contribution in [1.82, 2.24) is 19.5 Å². The summed E-state index contributed by atoms with van der Waals surface area (Å²) in [7, 11) is -17.0. The number of fused-ring (bicyclic) bond motifs is 1. The van der Waals surface area contributed by atoms with Crippen LogP contribution < -0.4 is 11.2 Å². The molecule has 2 aromatic heterocycles. The van der Waals surface area contributed by atoms with Crippen LogP contribution in [0.1, 0.15) is 6.23 Å². The molecule has 19 nitrogen and oxygen atoms in total. The Labute approximate surface area is 184 Å². The van der Waals surface area contributed by atoms with E-state index in [1.54, 1.807) is 0 Å². The average Bonchev–Trinajstić information content (AvgIpc) is 2.93. The quantitative estimate of drug-likeness (QED) is 0.167. The molecule has 1 aliphatic rings. The predicted molar refractivity (Wildman–Crippen MR) is 100 cm³/mol. The van der Waals surface area contributed by atoms with Crippen molar-refractivity contribution in [2.45, 2.75) is 24.5 Å². The third kappa shape index (κ3) is 6.27.